The van der Waals surface area contributed by atoms with Crippen LogP contribution in [0.3, 0.4) is 0 Å². The number of aromatic nitrogens is 1. The Balaban J connectivity index is 1.84. The van der Waals surface area contributed by atoms with Crippen LogP contribution in [0.4, 0.5) is 0 Å². The highest BCUT2D eigenvalue weighted by Crippen LogP contribution is 2.47. The molecule has 0 saturated heterocycles. The first kappa shape index (κ1) is 18.7. The highest BCUT2D eigenvalue weighted by atomic mass is 16.5. The van der Waals surface area contributed by atoms with Crippen LogP contribution in [0.2, 0.25) is 0 Å². The van der Waals surface area contributed by atoms with Gasteiger partial charge in [-0.2, -0.15) is 0 Å². The second-order valence-electron chi connectivity index (χ2n) is 8.28. The average molecular weight is 381 g/mol. The third-order valence-corrected chi connectivity index (χ3v) is 5.73. The van der Waals surface area contributed by atoms with Crippen molar-refractivity contribution in [1.82, 2.24) is 4.57 Å². The summed E-state index contributed by atoms with van der Waals surface area (Å²) in [4.78, 5) is 12.6. The highest BCUT2D eigenvalue weighted by molar-refractivity contribution is 6.00. The van der Waals surface area contributed by atoms with Crippen LogP contribution in [-0.2, 0) is 15.0 Å². The van der Waals surface area contributed by atoms with Gasteiger partial charge in [0, 0.05) is 17.3 Å². The van der Waals surface area contributed by atoms with E-state index in [4.69, 9.17) is 20.6 Å². The van der Waals surface area contributed by atoms with E-state index in [9.17, 15) is 4.79 Å². The van der Waals surface area contributed by atoms with Crippen molar-refractivity contribution in [2.24, 2.45) is 5.73 Å². The van der Waals surface area contributed by atoms with Crippen LogP contribution in [0.5, 0.6) is 0 Å². The van der Waals surface area contributed by atoms with Gasteiger partial charge in [0.1, 0.15) is 17.1 Å². The molecule has 0 bridgehead atoms. The van der Waals surface area contributed by atoms with E-state index < -0.39 is 5.54 Å². The van der Waals surface area contributed by atoms with Gasteiger partial charge in [-0.3, -0.25) is 5.41 Å². The van der Waals surface area contributed by atoms with Crippen LogP contribution in [0.15, 0.2) is 30.3 Å². The third-order valence-electron chi connectivity index (χ3n) is 5.73. The Kier molecular flexibility index (Phi) is 4.34. The monoisotopic (exact) mass is 381 g/mol. The van der Waals surface area contributed by atoms with E-state index in [1.165, 1.54) is 5.57 Å². The van der Waals surface area contributed by atoms with E-state index in [1.807, 2.05) is 16.7 Å². The molecule has 3 N–H and O–H groups in total. The normalized spacial score (nSPS) is 19.9. The summed E-state index contributed by atoms with van der Waals surface area (Å²) >= 11 is 0. The number of benzene rings is 1. The van der Waals surface area contributed by atoms with Gasteiger partial charge < -0.3 is 19.8 Å². The number of nitrogens with zero attached hydrogens (tertiary/aromatic N) is 1. The number of carbonyl (C=O) groups is 1. The van der Waals surface area contributed by atoms with Gasteiger partial charge >= 0.3 is 5.97 Å². The molecule has 0 amide bonds. The van der Waals surface area contributed by atoms with E-state index in [0.717, 1.165) is 35.7 Å². The maximum Gasteiger partial charge on any atom is 0.355 e. The lowest BCUT2D eigenvalue weighted by Crippen LogP contribution is -2.35. The molecule has 2 aliphatic rings. The van der Waals surface area contributed by atoms with Crippen molar-refractivity contribution in [3.05, 3.63) is 41.6 Å². The molecule has 28 heavy (non-hydrogen) atoms. The first-order chi connectivity index (χ1) is 13.3. The standard InChI is InChI=1S/C22H27N3O3/c1-4-27-19(26)18-12-16-11-14(15-7-10-28-21(2,3)13-15)5-6-17(16)25(18)22(8-9-22)20(23)24/h5-7,11-12H,4,8-10,13H2,1-3H3,(H3,23,24). The fourth-order valence-electron chi connectivity index (χ4n) is 4.13. The molecular formula is C22H27N3O3. The lowest BCUT2D eigenvalue weighted by molar-refractivity contribution is -0.00299. The van der Waals surface area contributed by atoms with Crippen molar-refractivity contribution in [3.8, 4) is 0 Å². The second kappa shape index (κ2) is 6.48. The third kappa shape index (κ3) is 3.02. The Morgan fingerprint density at radius 1 is 1.32 bits per heavy atom. The van der Waals surface area contributed by atoms with Crippen molar-refractivity contribution in [2.45, 2.75) is 51.2 Å². The molecule has 2 aromatic rings. The Labute approximate surface area is 164 Å². The van der Waals surface area contributed by atoms with E-state index in [1.54, 1.807) is 6.92 Å². The van der Waals surface area contributed by atoms with Crippen molar-refractivity contribution >= 4 is 28.3 Å². The Morgan fingerprint density at radius 3 is 2.68 bits per heavy atom. The highest BCUT2D eigenvalue weighted by Gasteiger charge is 2.50. The molecule has 0 atom stereocenters. The van der Waals surface area contributed by atoms with Crippen LogP contribution in [-0.4, -0.2) is 35.2 Å². The molecule has 1 aliphatic carbocycles. The zero-order chi connectivity index (χ0) is 20.1. The van der Waals surface area contributed by atoms with Gasteiger partial charge in [-0.05, 0) is 62.9 Å². The van der Waals surface area contributed by atoms with Crippen molar-refractivity contribution in [2.75, 3.05) is 13.2 Å². The van der Waals surface area contributed by atoms with Gasteiger partial charge in [-0.1, -0.05) is 12.1 Å². The van der Waals surface area contributed by atoms with E-state index in [2.05, 4.69) is 32.1 Å². The maximum atomic E-state index is 12.6. The largest absolute Gasteiger partial charge is 0.461 e. The Bertz CT molecular complexity index is 996. The molecule has 0 unspecified atom stereocenters. The van der Waals surface area contributed by atoms with Crippen molar-refractivity contribution in [1.29, 1.82) is 5.41 Å². The van der Waals surface area contributed by atoms with E-state index >= 15 is 0 Å². The summed E-state index contributed by atoms with van der Waals surface area (Å²) in [5.41, 5.74) is 8.87. The van der Waals surface area contributed by atoms with Gasteiger partial charge in [0.25, 0.3) is 0 Å². The summed E-state index contributed by atoms with van der Waals surface area (Å²) in [5.74, 6) is -0.285. The molecule has 1 aromatic carbocycles. The summed E-state index contributed by atoms with van der Waals surface area (Å²) in [7, 11) is 0. The van der Waals surface area contributed by atoms with Gasteiger partial charge in [-0.15, -0.1) is 0 Å². The number of hydrogen-bond donors (Lipinski definition) is 2. The van der Waals surface area contributed by atoms with E-state index in [0.29, 0.717) is 18.9 Å². The smallest absolute Gasteiger partial charge is 0.355 e. The zero-order valence-electron chi connectivity index (χ0n) is 16.7. The molecule has 4 rings (SSSR count). The SMILES string of the molecule is CCOC(=O)c1cc2cc(C3=CCOC(C)(C)C3)ccc2n1C1(C(=N)N)CC1. The Morgan fingerprint density at radius 2 is 2.07 bits per heavy atom. The molecular weight excluding hydrogens is 354 g/mol. The molecule has 148 valence electrons. The number of rotatable bonds is 5. The molecule has 1 aromatic heterocycles. The lowest BCUT2D eigenvalue weighted by Gasteiger charge is -2.30. The van der Waals surface area contributed by atoms with Gasteiger partial charge in [0.05, 0.1) is 18.8 Å². The minimum absolute atomic E-state index is 0.0912. The number of ether oxygens (including phenoxy) is 2. The first-order valence-corrected chi connectivity index (χ1v) is 9.78. The van der Waals surface area contributed by atoms with Gasteiger partial charge in [-0.25, -0.2) is 4.79 Å². The molecule has 6 heteroatoms. The van der Waals surface area contributed by atoms with Crippen molar-refractivity contribution < 1.29 is 14.3 Å². The molecule has 6 nitrogen and oxygen atoms in total. The number of carbonyl (C=O) groups excluding carboxylic acids is 1. The predicted molar refractivity (Wildman–Crippen MR) is 110 cm³/mol. The zero-order valence-corrected chi connectivity index (χ0v) is 16.7. The summed E-state index contributed by atoms with van der Waals surface area (Å²) in [6.07, 6.45) is 4.48. The minimum Gasteiger partial charge on any atom is -0.461 e. The first-order valence-electron chi connectivity index (χ1n) is 9.78. The number of fused-ring (bicyclic) bond motifs is 1. The van der Waals surface area contributed by atoms with Crippen LogP contribution in [0.1, 0.15) is 56.1 Å². The average Bonchev–Trinajstić information content (AvgIpc) is 3.35. The fraction of sp³-hybridized carbons (Fsp3) is 0.455. The number of amidine groups is 1. The van der Waals surface area contributed by atoms with Gasteiger partial charge in [0.2, 0.25) is 0 Å². The summed E-state index contributed by atoms with van der Waals surface area (Å²) < 4.78 is 13.0. The maximum absolute atomic E-state index is 12.6. The van der Waals surface area contributed by atoms with Crippen LogP contribution >= 0.6 is 0 Å². The molecule has 1 fully saturated rings. The topological polar surface area (TPSA) is 90.3 Å². The summed E-state index contributed by atoms with van der Waals surface area (Å²) in [5, 5.41) is 9.04. The lowest BCUT2D eigenvalue weighted by atomic mass is 9.90. The minimum atomic E-state index is -0.606. The van der Waals surface area contributed by atoms with Crippen LogP contribution in [0, 0.1) is 5.41 Å². The summed E-state index contributed by atoms with van der Waals surface area (Å²) in [6.45, 7) is 6.89. The number of nitrogens with two attached hydrogens (primary N) is 1. The molecule has 2 heterocycles. The molecule has 1 aliphatic heterocycles. The van der Waals surface area contributed by atoms with Crippen molar-refractivity contribution in [3.63, 3.8) is 0 Å². The van der Waals surface area contributed by atoms with Gasteiger partial charge in [0.15, 0.2) is 0 Å². The second-order valence-corrected chi connectivity index (χ2v) is 8.28. The van der Waals surface area contributed by atoms with E-state index in [-0.39, 0.29) is 17.4 Å². The van der Waals surface area contributed by atoms with Crippen LogP contribution in [0.25, 0.3) is 16.5 Å². The summed E-state index contributed by atoms with van der Waals surface area (Å²) in [6, 6.07) is 8.08. The number of hydrogen-bond acceptors (Lipinski definition) is 4. The quantitative estimate of drug-likeness (QED) is 0.468. The molecule has 1 saturated carbocycles. The molecule has 0 spiro atoms. The Hall–Kier alpha value is -2.60. The molecule has 0 radical (unpaired) electrons. The van der Waals surface area contributed by atoms with Crippen LogP contribution < -0.4 is 5.73 Å². The number of esters is 1. The number of nitrogens with one attached hydrogen (secondary N) is 1. The fourth-order valence-corrected chi connectivity index (χ4v) is 4.13. The predicted octanol–water partition coefficient (Wildman–Crippen LogP) is 3.83.